The molecule has 0 spiro atoms. The Morgan fingerprint density at radius 2 is 2.29 bits per heavy atom. The van der Waals surface area contributed by atoms with Crippen LogP contribution in [-0.4, -0.2) is 19.6 Å². The Morgan fingerprint density at radius 1 is 1.41 bits per heavy atom. The monoisotopic (exact) mass is 249 g/mol. The summed E-state index contributed by atoms with van der Waals surface area (Å²) in [5.41, 5.74) is 1.65. The van der Waals surface area contributed by atoms with Crippen molar-refractivity contribution >= 4 is 11.6 Å². The normalized spacial score (nSPS) is 19.1. The molecule has 0 saturated carbocycles. The molecule has 1 unspecified atom stereocenters. The van der Waals surface area contributed by atoms with E-state index in [1.165, 1.54) is 0 Å². The average Bonchev–Trinajstić information content (AvgIpc) is 2.70. The number of rotatable bonds is 1. The van der Waals surface area contributed by atoms with E-state index in [1.54, 1.807) is 10.8 Å². The Bertz CT molecular complexity index is 538. The van der Waals surface area contributed by atoms with E-state index in [0.29, 0.717) is 11.0 Å². The van der Waals surface area contributed by atoms with E-state index in [2.05, 4.69) is 9.97 Å². The Kier molecular flexibility index (Phi) is 2.61. The molecular weight excluding hydrogens is 238 g/mol. The quantitative estimate of drug-likeness (QED) is 0.845. The smallest absolute Gasteiger partial charge is 0.162 e. The summed E-state index contributed by atoms with van der Waals surface area (Å²) in [7, 11) is 0. The second kappa shape index (κ2) is 4.13. The summed E-state index contributed by atoms with van der Waals surface area (Å²) < 4.78 is 1.80. The molecule has 1 N–H and O–H groups in total. The van der Waals surface area contributed by atoms with E-state index in [-0.39, 0.29) is 0 Å². The summed E-state index contributed by atoms with van der Waals surface area (Å²) in [6, 6.07) is 5.61. The number of nitrogens with zero attached hydrogens (tertiary/aromatic N) is 3. The molecule has 5 heteroatoms. The van der Waals surface area contributed by atoms with Gasteiger partial charge in [0.15, 0.2) is 11.0 Å². The van der Waals surface area contributed by atoms with Gasteiger partial charge in [-0.15, -0.1) is 0 Å². The SMILES string of the molecule is OC1CCCc2c(Cl)nc(-c3ccccn3)n21. The molecule has 88 valence electrons. The third-order valence-corrected chi connectivity index (χ3v) is 3.33. The van der Waals surface area contributed by atoms with Crippen molar-refractivity contribution in [1.29, 1.82) is 0 Å². The fraction of sp³-hybridized carbons (Fsp3) is 0.333. The summed E-state index contributed by atoms with van der Waals surface area (Å²) in [5, 5.41) is 10.5. The third kappa shape index (κ3) is 1.73. The number of hydrogen-bond donors (Lipinski definition) is 1. The number of aromatic nitrogens is 3. The van der Waals surface area contributed by atoms with Crippen LogP contribution in [0.15, 0.2) is 24.4 Å². The first-order valence-electron chi connectivity index (χ1n) is 5.63. The molecule has 2 aromatic heterocycles. The van der Waals surface area contributed by atoms with Gasteiger partial charge in [0.25, 0.3) is 0 Å². The van der Waals surface area contributed by atoms with Crippen molar-refractivity contribution in [2.75, 3.05) is 0 Å². The number of aliphatic hydroxyl groups is 1. The van der Waals surface area contributed by atoms with Gasteiger partial charge in [-0.3, -0.25) is 9.55 Å². The number of imidazole rings is 1. The number of pyridine rings is 1. The topological polar surface area (TPSA) is 50.9 Å². The van der Waals surface area contributed by atoms with E-state index < -0.39 is 6.23 Å². The third-order valence-electron chi connectivity index (χ3n) is 3.03. The first-order chi connectivity index (χ1) is 8.27. The van der Waals surface area contributed by atoms with Crippen molar-refractivity contribution in [3.05, 3.63) is 35.2 Å². The molecule has 3 heterocycles. The van der Waals surface area contributed by atoms with Crippen LogP contribution in [0.5, 0.6) is 0 Å². The standard InChI is InChI=1S/C12H12ClN3O/c13-11-9-5-3-6-10(17)16(9)12(15-11)8-4-1-2-7-14-8/h1-2,4,7,10,17H,3,5-6H2. The van der Waals surface area contributed by atoms with Crippen molar-refractivity contribution < 1.29 is 5.11 Å². The molecule has 0 aromatic carbocycles. The Balaban J connectivity index is 2.18. The number of aliphatic hydroxyl groups excluding tert-OH is 1. The molecular formula is C12H12ClN3O. The fourth-order valence-electron chi connectivity index (χ4n) is 2.24. The maximum atomic E-state index is 10.1. The lowest BCUT2D eigenvalue weighted by Crippen LogP contribution is -2.18. The van der Waals surface area contributed by atoms with Gasteiger partial charge in [0.05, 0.1) is 5.69 Å². The molecule has 4 nitrogen and oxygen atoms in total. The minimum atomic E-state index is -0.546. The van der Waals surface area contributed by atoms with Gasteiger partial charge in [0.1, 0.15) is 11.9 Å². The van der Waals surface area contributed by atoms with Gasteiger partial charge in [0, 0.05) is 6.20 Å². The van der Waals surface area contributed by atoms with Crippen molar-refractivity contribution in [2.24, 2.45) is 0 Å². The molecule has 0 aliphatic carbocycles. The molecule has 1 aliphatic heterocycles. The van der Waals surface area contributed by atoms with Crippen LogP contribution in [0.2, 0.25) is 5.15 Å². The van der Waals surface area contributed by atoms with Gasteiger partial charge in [-0.2, -0.15) is 0 Å². The van der Waals surface area contributed by atoms with Gasteiger partial charge in [-0.1, -0.05) is 17.7 Å². The highest BCUT2D eigenvalue weighted by atomic mass is 35.5. The predicted molar refractivity (Wildman–Crippen MR) is 64.7 cm³/mol. The molecule has 0 amide bonds. The molecule has 3 rings (SSSR count). The van der Waals surface area contributed by atoms with Crippen LogP contribution in [0, 0.1) is 0 Å². The van der Waals surface area contributed by atoms with Crippen LogP contribution in [0.25, 0.3) is 11.5 Å². The van der Waals surface area contributed by atoms with Gasteiger partial charge in [0.2, 0.25) is 0 Å². The van der Waals surface area contributed by atoms with Crippen LogP contribution in [0.4, 0.5) is 0 Å². The number of fused-ring (bicyclic) bond motifs is 1. The van der Waals surface area contributed by atoms with E-state index in [0.717, 1.165) is 30.7 Å². The maximum Gasteiger partial charge on any atom is 0.162 e. The summed E-state index contributed by atoms with van der Waals surface area (Å²) in [5.74, 6) is 0.651. The number of hydrogen-bond acceptors (Lipinski definition) is 3. The lowest BCUT2D eigenvalue weighted by atomic mass is 10.1. The van der Waals surface area contributed by atoms with Gasteiger partial charge in [-0.25, -0.2) is 4.98 Å². The van der Waals surface area contributed by atoms with Crippen LogP contribution in [0.1, 0.15) is 24.8 Å². The van der Waals surface area contributed by atoms with E-state index >= 15 is 0 Å². The number of halogens is 1. The lowest BCUT2D eigenvalue weighted by Gasteiger charge is -2.22. The van der Waals surface area contributed by atoms with E-state index in [9.17, 15) is 5.11 Å². The highest BCUT2D eigenvalue weighted by Gasteiger charge is 2.25. The zero-order valence-electron chi connectivity index (χ0n) is 9.17. The molecule has 0 radical (unpaired) electrons. The highest BCUT2D eigenvalue weighted by Crippen LogP contribution is 2.33. The van der Waals surface area contributed by atoms with Crippen LogP contribution < -0.4 is 0 Å². The molecule has 1 atom stereocenters. The van der Waals surface area contributed by atoms with Crippen molar-refractivity contribution in [1.82, 2.24) is 14.5 Å². The van der Waals surface area contributed by atoms with E-state index in [1.807, 2.05) is 18.2 Å². The summed E-state index contributed by atoms with van der Waals surface area (Å²) >= 11 is 6.11. The summed E-state index contributed by atoms with van der Waals surface area (Å²) in [6.45, 7) is 0. The average molecular weight is 250 g/mol. The first kappa shape index (κ1) is 10.7. The van der Waals surface area contributed by atoms with Crippen LogP contribution >= 0.6 is 11.6 Å². The zero-order valence-corrected chi connectivity index (χ0v) is 9.93. The van der Waals surface area contributed by atoms with Crippen molar-refractivity contribution in [2.45, 2.75) is 25.5 Å². The Hall–Kier alpha value is -1.39. The Labute approximate surface area is 104 Å². The van der Waals surface area contributed by atoms with Gasteiger partial charge < -0.3 is 5.11 Å². The van der Waals surface area contributed by atoms with E-state index in [4.69, 9.17) is 11.6 Å². The van der Waals surface area contributed by atoms with Crippen molar-refractivity contribution in [3.63, 3.8) is 0 Å². The fourth-order valence-corrected chi connectivity index (χ4v) is 2.51. The van der Waals surface area contributed by atoms with Crippen molar-refractivity contribution in [3.8, 4) is 11.5 Å². The summed E-state index contributed by atoms with van der Waals surface area (Å²) in [4.78, 5) is 8.57. The highest BCUT2D eigenvalue weighted by molar-refractivity contribution is 6.30. The molecule has 0 fully saturated rings. The maximum absolute atomic E-state index is 10.1. The van der Waals surface area contributed by atoms with Crippen LogP contribution in [-0.2, 0) is 6.42 Å². The molecule has 1 aliphatic rings. The second-order valence-corrected chi connectivity index (χ2v) is 4.49. The summed E-state index contributed by atoms with van der Waals surface area (Å²) in [6.07, 6.45) is 3.69. The minimum absolute atomic E-state index is 0.476. The molecule has 0 bridgehead atoms. The predicted octanol–water partition coefficient (Wildman–Crippen LogP) is 2.43. The Morgan fingerprint density at radius 3 is 3.06 bits per heavy atom. The zero-order chi connectivity index (χ0) is 11.8. The van der Waals surface area contributed by atoms with Crippen LogP contribution in [0.3, 0.4) is 0 Å². The second-order valence-electron chi connectivity index (χ2n) is 4.13. The minimum Gasteiger partial charge on any atom is -0.373 e. The lowest BCUT2D eigenvalue weighted by molar-refractivity contribution is 0.0806. The molecule has 2 aromatic rings. The van der Waals surface area contributed by atoms with Gasteiger partial charge in [-0.05, 0) is 31.4 Å². The first-order valence-corrected chi connectivity index (χ1v) is 6.01. The largest absolute Gasteiger partial charge is 0.373 e. The molecule has 0 saturated heterocycles. The molecule has 17 heavy (non-hydrogen) atoms. The van der Waals surface area contributed by atoms with Gasteiger partial charge >= 0.3 is 0 Å².